The third kappa shape index (κ3) is 4.78. The highest BCUT2D eigenvalue weighted by molar-refractivity contribution is 5.76. The van der Waals surface area contributed by atoms with Crippen LogP contribution in [0.2, 0.25) is 0 Å². The summed E-state index contributed by atoms with van der Waals surface area (Å²) in [7, 11) is 1.64. The molecular weight excluding hydrogens is 342 g/mol. The third-order valence-electron chi connectivity index (χ3n) is 4.37. The lowest BCUT2D eigenvalue weighted by Crippen LogP contribution is -2.25. The van der Waals surface area contributed by atoms with Gasteiger partial charge in [-0.3, -0.25) is 4.79 Å². The summed E-state index contributed by atoms with van der Waals surface area (Å²) in [6.07, 6.45) is 1.18. The van der Waals surface area contributed by atoms with E-state index in [4.69, 9.17) is 14.5 Å². The number of para-hydroxylation sites is 2. The largest absolute Gasteiger partial charge is 0.497 e. The van der Waals surface area contributed by atoms with Crippen molar-refractivity contribution < 1.29 is 14.3 Å². The SMILES string of the molecule is CCC(=O)NCCc1nc2ccccc2n1CCOc1ccc(OC)cc1. The Morgan fingerprint density at radius 3 is 2.59 bits per heavy atom. The van der Waals surface area contributed by atoms with E-state index in [1.54, 1.807) is 7.11 Å². The standard InChI is InChI=1S/C21H25N3O3/c1-3-21(25)22-13-12-20-23-18-6-4-5-7-19(18)24(20)14-15-27-17-10-8-16(26-2)9-11-17/h4-11H,3,12-15H2,1-2H3,(H,22,25). The van der Waals surface area contributed by atoms with Crippen LogP contribution in [0.1, 0.15) is 19.2 Å². The van der Waals surface area contributed by atoms with Crippen molar-refractivity contribution in [2.75, 3.05) is 20.3 Å². The van der Waals surface area contributed by atoms with Gasteiger partial charge in [0.15, 0.2) is 0 Å². The monoisotopic (exact) mass is 367 g/mol. The lowest BCUT2D eigenvalue weighted by atomic mass is 10.3. The highest BCUT2D eigenvalue weighted by atomic mass is 16.5. The number of nitrogens with one attached hydrogen (secondary N) is 1. The van der Waals surface area contributed by atoms with E-state index < -0.39 is 0 Å². The van der Waals surface area contributed by atoms with Crippen molar-refractivity contribution in [3.05, 3.63) is 54.4 Å². The quantitative estimate of drug-likeness (QED) is 0.631. The summed E-state index contributed by atoms with van der Waals surface area (Å²) in [5.41, 5.74) is 2.03. The molecule has 27 heavy (non-hydrogen) atoms. The smallest absolute Gasteiger partial charge is 0.219 e. The minimum absolute atomic E-state index is 0.0560. The molecule has 1 aromatic heterocycles. The highest BCUT2D eigenvalue weighted by Crippen LogP contribution is 2.19. The maximum absolute atomic E-state index is 11.5. The number of carbonyl (C=O) groups is 1. The van der Waals surface area contributed by atoms with E-state index in [9.17, 15) is 4.79 Å². The van der Waals surface area contributed by atoms with Crippen LogP contribution in [-0.2, 0) is 17.8 Å². The van der Waals surface area contributed by atoms with Crippen molar-refractivity contribution in [2.45, 2.75) is 26.3 Å². The number of nitrogens with zero attached hydrogens (tertiary/aromatic N) is 2. The van der Waals surface area contributed by atoms with Crippen LogP contribution < -0.4 is 14.8 Å². The molecule has 0 saturated carbocycles. The lowest BCUT2D eigenvalue weighted by Gasteiger charge is -2.11. The van der Waals surface area contributed by atoms with Gasteiger partial charge >= 0.3 is 0 Å². The first-order valence-corrected chi connectivity index (χ1v) is 9.19. The van der Waals surface area contributed by atoms with E-state index >= 15 is 0 Å². The van der Waals surface area contributed by atoms with Crippen LogP contribution in [0.4, 0.5) is 0 Å². The number of rotatable bonds is 9. The van der Waals surface area contributed by atoms with Crippen molar-refractivity contribution in [3.8, 4) is 11.5 Å². The van der Waals surface area contributed by atoms with Crippen LogP contribution in [0, 0.1) is 0 Å². The van der Waals surface area contributed by atoms with Crippen molar-refractivity contribution in [1.29, 1.82) is 0 Å². The summed E-state index contributed by atoms with van der Waals surface area (Å²) in [4.78, 5) is 16.2. The Bertz CT molecular complexity index is 887. The molecule has 0 atom stereocenters. The second-order valence-electron chi connectivity index (χ2n) is 6.15. The van der Waals surface area contributed by atoms with Crippen LogP contribution in [0.15, 0.2) is 48.5 Å². The zero-order valence-corrected chi connectivity index (χ0v) is 15.8. The second-order valence-corrected chi connectivity index (χ2v) is 6.15. The summed E-state index contributed by atoms with van der Waals surface area (Å²) >= 11 is 0. The van der Waals surface area contributed by atoms with E-state index in [-0.39, 0.29) is 5.91 Å². The van der Waals surface area contributed by atoms with E-state index in [1.807, 2.05) is 49.4 Å². The number of hydrogen-bond acceptors (Lipinski definition) is 4. The van der Waals surface area contributed by atoms with E-state index in [0.717, 1.165) is 28.4 Å². The number of hydrogen-bond donors (Lipinski definition) is 1. The van der Waals surface area contributed by atoms with Gasteiger partial charge in [0, 0.05) is 19.4 Å². The fourth-order valence-corrected chi connectivity index (χ4v) is 2.93. The van der Waals surface area contributed by atoms with Crippen molar-refractivity contribution >= 4 is 16.9 Å². The molecule has 3 rings (SSSR count). The van der Waals surface area contributed by atoms with Crippen molar-refractivity contribution in [3.63, 3.8) is 0 Å². The summed E-state index contributed by atoms with van der Waals surface area (Å²) in [5.74, 6) is 2.61. The minimum atomic E-state index is 0.0560. The molecule has 3 aromatic rings. The molecule has 0 bridgehead atoms. The lowest BCUT2D eigenvalue weighted by molar-refractivity contribution is -0.120. The Hall–Kier alpha value is -3.02. The molecule has 1 amide bonds. The number of fused-ring (bicyclic) bond motifs is 1. The molecule has 0 aliphatic carbocycles. The zero-order chi connectivity index (χ0) is 19.1. The summed E-state index contributed by atoms with van der Waals surface area (Å²) in [6.45, 7) is 3.64. The number of benzene rings is 2. The molecule has 0 aliphatic heterocycles. The normalized spacial score (nSPS) is 10.7. The van der Waals surface area contributed by atoms with Gasteiger partial charge in [-0.05, 0) is 36.4 Å². The predicted molar refractivity (Wildman–Crippen MR) is 105 cm³/mol. The number of imidazole rings is 1. The first-order chi connectivity index (χ1) is 13.2. The summed E-state index contributed by atoms with van der Waals surface area (Å²) < 4.78 is 13.2. The third-order valence-corrected chi connectivity index (χ3v) is 4.37. The topological polar surface area (TPSA) is 65.4 Å². The fourth-order valence-electron chi connectivity index (χ4n) is 2.93. The Morgan fingerprint density at radius 1 is 1.11 bits per heavy atom. The van der Waals surface area contributed by atoms with Crippen LogP contribution in [0.5, 0.6) is 11.5 Å². The first kappa shape index (κ1) is 18.8. The van der Waals surface area contributed by atoms with E-state index in [1.165, 1.54) is 0 Å². The molecule has 0 saturated heterocycles. The molecule has 0 aliphatic rings. The van der Waals surface area contributed by atoms with Gasteiger partial charge in [0.05, 0.1) is 24.7 Å². The maximum Gasteiger partial charge on any atom is 0.219 e. The molecule has 1 N–H and O–H groups in total. The van der Waals surface area contributed by atoms with Gasteiger partial charge < -0.3 is 19.4 Å². The molecule has 1 heterocycles. The van der Waals surface area contributed by atoms with Crippen LogP contribution >= 0.6 is 0 Å². The summed E-state index contributed by atoms with van der Waals surface area (Å²) in [5, 5.41) is 2.91. The highest BCUT2D eigenvalue weighted by Gasteiger charge is 2.11. The molecule has 0 spiro atoms. The number of methoxy groups -OCH3 is 1. The summed E-state index contributed by atoms with van der Waals surface area (Å²) in [6, 6.07) is 15.6. The number of aromatic nitrogens is 2. The predicted octanol–water partition coefficient (Wildman–Crippen LogP) is 3.19. The molecular formula is C21H25N3O3. The van der Waals surface area contributed by atoms with Gasteiger partial charge in [-0.2, -0.15) is 0 Å². The molecule has 142 valence electrons. The van der Waals surface area contributed by atoms with Gasteiger partial charge in [0.25, 0.3) is 0 Å². The van der Waals surface area contributed by atoms with Gasteiger partial charge in [0.1, 0.15) is 23.9 Å². The van der Waals surface area contributed by atoms with Crippen molar-refractivity contribution in [1.82, 2.24) is 14.9 Å². The van der Waals surface area contributed by atoms with Crippen LogP contribution in [-0.4, -0.2) is 35.7 Å². The van der Waals surface area contributed by atoms with Gasteiger partial charge in [-0.1, -0.05) is 19.1 Å². The number of ether oxygens (including phenoxy) is 2. The zero-order valence-electron chi connectivity index (χ0n) is 15.8. The molecule has 6 heteroatoms. The maximum atomic E-state index is 11.5. The average molecular weight is 367 g/mol. The Labute approximate surface area is 159 Å². The molecule has 6 nitrogen and oxygen atoms in total. The van der Waals surface area contributed by atoms with Crippen molar-refractivity contribution in [2.24, 2.45) is 0 Å². The van der Waals surface area contributed by atoms with Gasteiger partial charge in [-0.15, -0.1) is 0 Å². The van der Waals surface area contributed by atoms with E-state index in [0.29, 0.717) is 32.5 Å². The average Bonchev–Trinajstić information content (AvgIpc) is 3.06. The number of amides is 1. The Balaban J connectivity index is 1.67. The van der Waals surface area contributed by atoms with Gasteiger partial charge in [-0.25, -0.2) is 4.98 Å². The molecule has 0 radical (unpaired) electrons. The van der Waals surface area contributed by atoms with Gasteiger partial charge in [0.2, 0.25) is 5.91 Å². The fraction of sp³-hybridized carbons (Fsp3) is 0.333. The molecule has 2 aromatic carbocycles. The minimum Gasteiger partial charge on any atom is -0.497 e. The van der Waals surface area contributed by atoms with Crippen LogP contribution in [0.25, 0.3) is 11.0 Å². The first-order valence-electron chi connectivity index (χ1n) is 9.19. The van der Waals surface area contributed by atoms with E-state index in [2.05, 4.69) is 16.0 Å². The number of carbonyl (C=O) groups excluding carboxylic acids is 1. The van der Waals surface area contributed by atoms with Crippen LogP contribution in [0.3, 0.4) is 0 Å². The Morgan fingerprint density at radius 2 is 1.85 bits per heavy atom. The second kappa shape index (κ2) is 9.07. The molecule has 0 unspecified atom stereocenters. The molecule has 0 fully saturated rings. The Kier molecular flexibility index (Phi) is 6.30.